The molecule has 1 aromatic rings. The van der Waals surface area contributed by atoms with E-state index in [2.05, 4.69) is 40.5 Å². The topological polar surface area (TPSA) is 35.5 Å². The Hall–Kier alpha value is -1.06. The zero-order valence-electron chi connectivity index (χ0n) is 10.5. The van der Waals surface area contributed by atoms with Gasteiger partial charge >= 0.3 is 0 Å². The molecule has 2 rings (SSSR count). The molecule has 2 N–H and O–H groups in total. The van der Waals surface area contributed by atoms with Crippen LogP contribution in [0.4, 0.5) is 5.69 Å². The van der Waals surface area contributed by atoms with Crippen LogP contribution in [0, 0.1) is 0 Å². The summed E-state index contributed by atoms with van der Waals surface area (Å²) >= 11 is 0. The van der Waals surface area contributed by atoms with Crippen LogP contribution in [0.2, 0.25) is 0 Å². The van der Waals surface area contributed by atoms with Crippen molar-refractivity contribution in [2.75, 3.05) is 24.6 Å². The lowest BCUT2D eigenvalue weighted by atomic mass is 10.0. The van der Waals surface area contributed by atoms with Gasteiger partial charge in [-0.1, -0.05) is 18.2 Å². The summed E-state index contributed by atoms with van der Waals surface area (Å²) in [5.74, 6) is 0. The van der Waals surface area contributed by atoms with Gasteiger partial charge in [-0.15, -0.1) is 0 Å². The lowest BCUT2D eigenvalue weighted by molar-refractivity contribution is 0.233. The first-order valence-electron chi connectivity index (χ1n) is 6.46. The molecule has 1 aliphatic heterocycles. The van der Waals surface area contributed by atoms with Gasteiger partial charge in [0.05, 0.1) is 6.61 Å². The number of hydrogen-bond donors (Lipinski definition) is 2. The highest BCUT2D eigenvalue weighted by atomic mass is 16.3. The van der Waals surface area contributed by atoms with Crippen molar-refractivity contribution >= 4 is 5.69 Å². The summed E-state index contributed by atoms with van der Waals surface area (Å²) in [7, 11) is 0. The smallest absolute Gasteiger partial charge is 0.0582 e. The van der Waals surface area contributed by atoms with Crippen molar-refractivity contribution in [3.8, 4) is 0 Å². The van der Waals surface area contributed by atoms with Gasteiger partial charge in [-0.25, -0.2) is 0 Å². The maximum Gasteiger partial charge on any atom is 0.0582 e. The Labute approximate surface area is 103 Å². The molecule has 0 unspecified atom stereocenters. The molecular formula is C14H22N2O. The first-order chi connectivity index (χ1) is 8.29. The van der Waals surface area contributed by atoms with Gasteiger partial charge in [-0.05, 0) is 31.9 Å². The Bertz CT molecular complexity index is 320. The molecule has 3 heteroatoms. The number of nitrogens with one attached hydrogen (secondary N) is 1. The number of rotatable bonds is 4. The summed E-state index contributed by atoms with van der Waals surface area (Å²) in [6, 6.07) is 11.3. The van der Waals surface area contributed by atoms with Gasteiger partial charge in [0.15, 0.2) is 0 Å². The molecule has 1 heterocycles. The molecular weight excluding hydrogens is 212 g/mol. The number of piperidine rings is 1. The van der Waals surface area contributed by atoms with Crippen molar-refractivity contribution in [3.63, 3.8) is 0 Å². The second kappa shape index (κ2) is 6.03. The number of benzene rings is 1. The van der Waals surface area contributed by atoms with E-state index in [1.54, 1.807) is 0 Å². The monoisotopic (exact) mass is 234 g/mol. The predicted octanol–water partition coefficient (Wildman–Crippen LogP) is 1.63. The van der Waals surface area contributed by atoms with Gasteiger partial charge in [-0.3, -0.25) is 0 Å². The molecule has 17 heavy (non-hydrogen) atoms. The van der Waals surface area contributed by atoms with E-state index in [4.69, 9.17) is 5.11 Å². The lowest BCUT2D eigenvalue weighted by Gasteiger charge is -2.35. The highest BCUT2D eigenvalue weighted by Crippen LogP contribution is 2.19. The molecule has 1 atom stereocenters. The normalized spacial score (nSPS) is 19.3. The number of aliphatic hydroxyl groups excluding tert-OH is 1. The van der Waals surface area contributed by atoms with Gasteiger partial charge in [0, 0.05) is 30.9 Å². The van der Waals surface area contributed by atoms with Crippen molar-refractivity contribution in [1.82, 2.24) is 5.32 Å². The third-order valence-corrected chi connectivity index (χ3v) is 3.41. The Morgan fingerprint density at radius 1 is 1.29 bits per heavy atom. The van der Waals surface area contributed by atoms with Crippen LogP contribution in [0.15, 0.2) is 30.3 Å². The number of para-hydroxylation sites is 1. The fourth-order valence-electron chi connectivity index (χ4n) is 2.40. The number of aliphatic hydroxyl groups is 1. The molecule has 0 aromatic heterocycles. The number of nitrogens with zero attached hydrogens (tertiary/aromatic N) is 1. The second-order valence-corrected chi connectivity index (χ2v) is 4.85. The van der Waals surface area contributed by atoms with E-state index in [-0.39, 0.29) is 12.6 Å². The zero-order chi connectivity index (χ0) is 12.1. The first-order valence-corrected chi connectivity index (χ1v) is 6.46. The average molecular weight is 234 g/mol. The van der Waals surface area contributed by atoms with Crippen molar-refractivity contribution in [3.05, 3.63) is 30.3 Å². The highest BCUT2D eigenvalue weighted by molar-refractivity contribution is 5.46. The minimum Gasteiger partial charge on any atom is -0.395 e. The Balaban J connectivity index is 1.82. The molecule has 0 saturated carbocycles. The highest BCUT2D eigenvalue weighted by Gasteiger charge is 2.19. The van der Waals surface area contributed by atoms with Crippen LogP contribution < -0.4 is 10.2 Å². The van der Waals surface area contributed by atoms with Gasteiger partial charge in [-0.2, -0.15) is 0 Å². The van der Waals surface area contributed by atoms with Crippen LogP contribution in [0.5, 0.6) is 0 Å². The first kappa shape index (κ1) is 12.4. The van der Waals surface area contributed by atoms with Gasteiger partial charge < -0.3 is 15.3 Å². The minimum absolute atomic E-state index is 0.211. The predicted molar refractivity (Wildman–Crippen MR) is 71.4 cm³/mol. The molecule has 1 aromatic carbocycles. The van der Waals surface area contributed by atoms with E-state index in [1.807, 2.05) is 6.92 Å². The summed E-state index contributed by atoms with van der Waals surface area (Å²) in [5, 5.41) is 12.5. The molecule has 0 radical (unpaired) electrons. The quantitative estimate of drug-likeness (QED) is 0.831. The summed E-state index contributed by atoms with van der Waals surface area (Å²) in [5.41, 5.74) is 1.32. The van der Waals surface area contributed by atoms with E-state index in [9.17, 15) is 0 Å². The fraction of sp³-hybridized carbons (Fsp3) is 0.571. The van der Waals surface area contributed by atoms with E-state index >= 15 is 0 Å². The van der Waals surface area contributed by atoms with Crippen LogP contribution in [-0.2, 0) is 0 Å². The molecule has 94 valence electrons. The molecule has 0 amide bonds. The Morgan fingerprint density at radius 3 is 2.53 bits per heavy atom. The molecule has 0 bridgehead atoms. The van der Waals surface area contributed by atoms with Crippen LogP contribution in [0.25, 0.3) is 0 Å². The Morgan fingerprint density at radius 2 is 1.94 bits per heavy atom. The molecule has 1 fully saturated rings. The number of anilines is 1. The van der Waals surface area contributed by atoms with Gasteiger partial charge in [0.2, 0.25) is 0 Å². The SMILES string of the molecule is C[C@H](CO)NC1CCN(c2ccccc2)CC1. The largest absolute Gasteiger partial charge is 0.395 e. The Kier molecular flexibility index (Phi) is 4.40. The second-order valence-electron chi connectivity index (χ2n) is 4.85. The molecule has 0 spiro atoms. The average Bonchev–Trinajstić information content (AvgIpc) is 2.40. The van der Waals surface area contributed by atoms with Crippen molar-refractivity contribution in [2.45, 2.75) is 31.8 Å². The maximum absolute atomic E-state index is 9.02. The number of hydrogen-bond acceptors (Lipinski definition) is 3. The summed E-state index contributed by atoms with van der Waals surface area (Å²) in [6.45, 7) is 4.45. The zero-order valence-corrected chi connectivity index (χ0v) is 10.5. The molecule has 1 aliphatic rings. The lowest BCUT2D eigenvalue weighted by Crippen LogP contribution is -2.46. The fourth-order valence-corrected chi connectivity index (χ4v) is 2.40. The van der Waals surface area contributed by atoms with Gasteiger partial charge in [0.1, 0.15) is 0 Å². The van der Waals surface area contributed by atoms with Gasteiger partial charge in [0.25, 0.3) is 0 Å². The molecule has 0 aliphatic carbocycles. The minimum atomic E-state index is 0.211. The molecule has 3 nitrogen and oxygen atoms in total. The summed E-state index contributed by atoms with van der Waals surface area (Å²) in [4.78, 5) is 2.43. The van der Waals surface area contributed by atoms with Crippen LogP contribution in [0.1, 0.15) is 19.8 Å². The summed E-state index contributed by atoms with van der Waals surface area (Å²) < 4.78 is 0. The maximum atomic E-state index is 9.02. The third kappa shape index (κ3) is 3.45. The summed E-state index contributed by atoms with van der Waals surface area (Å²) in [6.07, 6.45) is 2.30. The van der Waals surface area contributed by atoms with E-state index in [1.165, 1.54) is 5.69 Å². The van der Waals surface area contributed by atoms with Crippen molar-refractivity contribution in [1.29, 1.82) is 0 Å². The third-order valence-electron chi connectivity index (χ3n) is 3.41. The van der Waals surface area contributed by atoms with Crippen molar-refractivity contribution < 1.29 is 5.11 Å². The molecule has 1 saturated heterocycles. The van der Waals surface area contributed by atoms with Crippen LogP contribution >= 0.6 is 0 Å². The van der Waals surface area contributed by atoms with Crippen LogP contribution in [-0.4, -0.2) is 36.9 Å². The van der Waals surface area contributed by atoms with E-state index in [0.717, 1.165) is 25.9 Å². The van der Waals surface area contributed by atoms with E-state index < -0.39 is 0 Å². The van der Waals surface area contributed by atoms with E-state index in [0.29, 0.717) is 6.04 Å². The standard InChI is InChI=1S/C14H22N2O/c1-12(11-17)15-13-7-9-16(10-8-13)14-5-3-2-4-6-14/h2-6,12-13,15,17H,7-11H2,1H3/t12-/m1/s1. The van der Waals surface area contributed by atoms with Crippen LogP contribution in [0.3, 0.4) is 0 Å². The van der Waals surface area contributed by atoms with Crippen molar-refractivity contribution in [2.24, 2.45) is 0 Å².